The van der Waals surface area contributed by atoms with E-state index < -0.39 is 11.6 Å². The lowest BCUT2D eigenvalue weighted by Crippen LogP contribution is -2.38. The molecular weight excluding hydrogens is 382 g/mol. The zero-order valence-electron chi connectivity index (χ0n) is 15.8. The van der Waals surface area contributed by atoms with Gasteiger partial charge in [-0.2, -0.15) is 0 Å². The van der Waals surface area contributed by atoms with Crippen LogP contribution in [0.5, 0.6) is 0 Å². The summed E-state index contributed by atoms with van der Waals surface area (Å²) < 4.78 is 6.03. The Kier molecular flexibility index (Phi) is 5.67. The predicted molar refractivity (Wildman–Crippen MR) is 114 cm³/mol. The first-order valence-electron chi connectivity index (χ1n) is 9.47. The number of rotatable bonds is 6. The van der Waals surface area contributed by atoms with Crippen LogP contribution in [0.3, 0.4) is 0 Å². The summed E-state index contributed by atoms with van der Waals surface area (Å²) >= 11 is 1.34. The lowest BCUT2D eigenvalue weighted by atomic mass is 9.82. The van der Waals surface area contributed by atoms with Gasteiger partial charge in [0.25, 0.3) is 0 Å². The van der Waals surface area contributed by atoms with Crippen molar-refractivity contribution in [1.29, 1.82) is 0 Å². The Morgan fingerprint density at radius 1 is 0.931 bits per heavy atom. The monoisotopic (exact) mass is 403 g/mol. The van der Waals surface area contributed by atoms with Crippen LogP contribution in [0.1, 0.15) is 23.1 Å². The molecule has 0 saturated carbocycles. The molecule has 4 rings (SSSR count). The van der Waals surface area contributed by atoms with Crippen LogP contribution in [0.15, 0.2) is 95.9 Å². The van der Waals surface area contributed by atoms with Crippen molar-refractivity contribution in [2.45, 2.75) is 18.4 Å². The fourth-order valence-corrected chi connectivity index (χ4v) is 4.49. The van der Waals surface area contributed by atoms with Gasteiger partial charge in [0, 0.05) is 29.3 Å². The van der Waals surface area contributed by atoms with Crippen molar-refractivity contribution in [3.05, 3.63) is 113 Å². The largest absolute Gasteiger partial charge is 0.511 e. The Labute approximate surface area is 174 Å². The second-order valence-electron chi connectivity index (χ2n) is 6.86. The van der Waals surface area contributed by atoms with Gasteiger partial charge in [-0.3, -0.25) is 4.98 Å². The molecule has 1 N–H and O–H groups in total. The Hall–Kier alpha value is -3.05. The molecule has 1 aromatic heterocycles. The summed E-state index contributed by atoms with van der Waals surface area (Å²) in [4.78, 5) is 17.3. The third-order valence-corrected chi connectivity index (χ3v) is 6.10. The van der Waals surface area contributed by atoms with Gasteiger partial charge in [-0.15, -0.1) is 11.8 Å². The molecule has 1 atom stereocenters. The van der Waals surface area contributed by atoms with Crippen LogP contribution in [0.2, 0.25) is 0 Å². The fourth-order valence-electron chi connectivity index (χ4n) is 3.55. The van der Waals surface area contributed by atoms with Crippen LogP contribution in [-0.4, -0.2) is 21.8 Å². The smallest absolute Gasteiger partial charge is 0.349 e. The van der Waals surface area contributed by atoms with E-state index in [0.29, 0.717) is 10.7 Å². The molecule has 146 valence electrons. The molecule has 0 saturated heterocycles. The van der Waals surface area contributed by atoms with Crippen LogP contribution in [0, 0.1) is 0 Å². The molecule has 1 unspecified atom stereocenters. The molecule has 29 heavy (non-hydrogen) atoms. The van der Waals surface area contributed by atoms with Gasteiger partial charge in [0.1, 0.15) is 10.7 Å². The third kappa shape index (κ3) is 4.05. The highest BCUT2D eigenvalue weighted by molar-refractivity contribution is 8.04. The number of ether oxygens (including phenoxy) is 1. The summed E-state index contributed by atoms with van der Waals surface area (Å²) in [5.41, 5.74) is 1.74. The van der Waals surface area contributed by atoms with Gasteiger partial charge >= 0.3 is 5.97 Å². The van der Waals surface area contributed by atoms with E-state index >= 15 is 0 Å². The van der Waals surface area contributed by atoms with Crippen LogP contribution in [0.4, 0.5) is 0 Å². The molecule has 0 fully saturated rings. The van der Waals surface area contributed by atoms with E-state index in [1.807, 2.05) is 60.7 Å². The maximum absolute atomic E-state index is 12.9. The number of thioether (sulfide) groups is 1. The summed E-state index contributed by atoms with van der Waals surface area (Å²) in [7, 11) is 0. The number of pyridine rings is 1. The minimum Gasteiger partial charge on any atom is -0.511 e. The summed E-state index contributed by atoms with van der Waals surface area (Å²) in [6.45, 7) is 0. The number of carbonyl (C=O) groups excluding carboxylic acids is 1. The molecule has 4 nitrogen and oxygen atoms in total. The highest BCUT2D eigenvalue weighted by atomic mass is 32.2. The van der Waals surface area contributed by atoms with Crippen LogP contribution >= 0.6 is 11.8 Å². The minimum absolute atomic E-state index is 0.0694. The van der Waals surface area contributed by atoms with Crippen LogP contribution in [-0.2, 0) is 21.6 Å². The number of aliphatic hydroxyl groups excluding tert-OH is 1. The molecule has 1 aliphatic heterocycles. The van der Waals surface area contributed by atoms with Gasteiger partial charge in [0.05, 0.1) is 6.42 Å². The van der Waals surface area contributed by atoms with Gasteiger partial charge < -0.3 is 9.84 Å². The molecule has 2 aromatic carbocycles. The molecule has 0 spiro atoms. The first-order chi connectivity index (χ1) is 14.2. The normalized spacial score (nSPS) is 19.1. The lowest BCUT2D eigenvalue weighted by molar-refractivity contribution is -0.154. The maximum atomic E-state index is 12.9. The number of benzene rings is 2. The maximum Gasteiger partial charge on any atom is 0.349 e. The van der Waals surface area contributed by atoms with Gasteiger partial charge in [-0.05, 0) is 24.1 Å². The first kappa shape index (κ1) is 19.3. The number of cyclic esters (lactones) is 1. The lowest BCUT2D eigenvalue weighted by Gasteiger charge is -2.37. The number of aromatic nitrogens is 1. The second kappa shape index (κ2) is 8.53. The van der Waals surface area contributed by atoms with Gasteiger partial charge in [0.2, 0.25) is 0 Å². The first-order valence-corrected chi connectivity index (χ1v) is 10.5. The molecule has 5 heteroatoms. The van der Waals surface area contributed by atoms with E-state index in [0.717, 1.165) is 17.5 Å². The molecule has 3 aromatic rings. The number of esters is 1. The Balaban J connectivity index is 1.61. The van der Waals surface area contributed by atoms with E-state index in [9.17, 15) is 9.90 Å². The average molecular weight is 404 g/mol. The van der Waals surface area contributed by atoms with Crippen molar-refractivity contribution in [3.63, 3.8) is 0 Å². The highest BCUT2D eigenvalue weighted by Gasteiger charge is 2.45. The predicted octanol–water partition coefficient (Wildman–Crippen LogP) is 5.02. The number of carbonyl (C=O) groups is 1. The number of aryl methyl sites for hydroxylation is 1. The molecule has 0 aliphatic carbocycles. The number of nitrogens with zero attached hydrogens (tertiary/aromatic N) is 1. The van der Waals surface area contributed by atoms with Crippen molar-refractivity contribution < 1.29 is 14.6 Å². The van der Waals surface area contributed by atoms with Crippen molar-refractivity contribution in [2.24, 2.45) is 0 Å². The summed E-state index contributed by atoms with van der Waals surface area (Å²) in [5, 5.41) is 10.8. The van der Waals surface area contributed by atoms with Crippen molar-refractivity contribution in [1.82, 2.24) is 4.98 Å². The van der Waals surface area contributed by atoms with Crippen molar-refractivity contribution in [2.75, 3.05) is 5.75 Å². The number of hydrogen-bond donors (Lipinski definition) is 1. The SMILES string of the molecule is O=C1OC(c2ccccc2)(c2ccncc2)CC(O)=C1SCCc1ccccc1. The van der Waals surface area contributed by atoms with E-state index in [1.165, 1.54) is 17.3 Å². The average Bonchev–Trinajstić information content (AvgIpc) is 2.77. The summed E-state index contributed by atoms with van der Waals surface area (Å²) in [6, 6.07) is 23.2. The molecular formula is C24H21NO3S. The molecule has 1 aliphatic rings. The molecule has 2 heterocycles. The van der Waals surface area contributed by atoms with Crippen molar-refractivity contribution in [3.8, 4) is 0 Å². The zero-order chi connectivity index (χ0) is 20.1. The molecule has 0 radical (unpaired) electrons. The van der Waals surface area contributed by atoms with Gasteiger partial charge in [-0.1, -0.05) is 60.7 Å². The number of aliphatic hydroxyl groups is 1. The van der Waals surface area contributed by atoms with Gasteiger partial charge in [-0.25, -0.2) is 4.79 Å². The van der Waals surface area contributed by atoms with Crippen LogP contribution < -0.4 is 0 Å². The van der Waals surface area contributed by atoms with E-state index in [-0.39, 0.29) is 12.2 Å². The molecule has 0 amide bonds. The van der Waals surface area contributed by atoms with E-state index in [2.05, 4.69) is 17.1 Å². The molecule has 0 bridgehead atoms. The minimum atomic E-state index is -1.06. The topological polar surface area (TPSA) is 59.4 Å². The highest BCUT2D eigenvalue weighted by Crippen LogP contribution is 2.44. The fraction of sp³-hybridized carbons (Fsp3) is 0.167. The van der Waals surface area contributed by atoms with E-state index in [1.54, 1.807) is 12.4 Å². The Bertz CT molecular complexity index is 965. The summed E-state index contributed by atoms with van der Waals surface area (Å²) in [6.07, 6.45) is 4.34. The van der Waals surface area contributed by atoms with Gasteiger partial charge in [0.15, 0.2) is 5.60 Å². The van der Waals surface area contributed by atoms with Crippen LogP contribution in [0.25, 0.3) is 0 Å². The summed E-state index contributed by atoms with van der Waals surface area (Å²) in [5.74, 6) is 0.263. The second-order valence-corrected chi connectivity index (χ2v) is 7.96. The zero-order valence-corrected chi connectivity index (χ0v) is 16.6. The number of hydrogen-bond acceptors (Lipinski definition) is 5. The van der Waals surface area contributed by atoms with E-state index in [4.69, 9.17) is 4.74 Å². The van der Waals surface area contributed by atoms with Crippen molar-refractivity contribution >= 4 is 17.7 Å². The Morgan fingerprint density at radius 3 is 2.21 bits per heavy atom. The quantitative estimate of drug-likeness (QED) is 0.586. The standard InChI is InChI=1S/C24H21NO3S/c26-21-17-24(19-9-5-2-6-10-19,20-11-14-25-15-12-20)28-23(27)22(21)29-16-13-18-7-3-1-4-8-18/h1-12,14-15,26H,13,16-17H2. The Morgan fingerprint density at radius 2 is 1.55 bits per heavy atom. The third-order valence-electron chi connectivity index (χ3n) is 5.00.